The first-order chi connectivity index (χ1) is 9.15. The Kier molecular flexibility index (Phi) is 4.29. The van der Waals surface area contributed by atoms with Crippen molar-refractivity contribution >= 4 is 22.0 Å². The Morgan fingerprint density at radius 2 is 2.00 bits per heavy atom. The summed E-state index contributed by atoms with van der Waals surface area (Å²) in [6.07, 6.45) is 5.94. The van der Waals surface area contributed by atoms with Gasteiger partial charge in [0, 0.05) is 6.04 Å². The van der Waals surface area contributed by atoms with Crippen molar-refractivity contribution in [3.05, 3.63) is 10.4 Å². The van der Waals surface area contributed by atoms with Gasteiger partial charge in [-0.2, -0.15) is 10.5 Å². The van der Waals surface area contributed by atoms with E-state index in [0.29, 0.717) is 22.2 Å². The normalized spacial score (nSPS) is 23.1. The molecule has 0 aliphatic heterocycles. The standard InChI is InChI=1S/C14H18N4S/c1-9-3-2-4-10(6-5-9)18-14-11(7-15)13(17)12(8-16)19-14/h9-10,18H,2-6,17H2,1H3. The predicted molar refractivity (Wildman–Crippen MR) is 77.8 cm³/mol. The fourth-order valence-corrected chi connectivity index (χ4v) is 3.50. The van der Waals surface area contributed by atoms with Crippen molar-refractivity contribution in [1.82, 2.24) is 0 Å². The van der Waals surface area contributed by atoms with Crippen LogP contribution in [0.3, 0.4) is 0 Å². The van der Waals surface area contributed by atoms with Crippen LogP contribution in [0.15, 0.2) is 0 Å². The zero-order chi connectivity index (χ0) is 13.8. The van der Waals surface area contributed by atoms with Crippen LogP contribution in [0.2, 0.25) is 0 Å². The van der Waals surface area contributed by atoms with Crippen LogP contribution >= 0.6 is 11.3 Å². The molecule has 2 atom stereocenters. The van der Waals surface area contributed by atoms with Crippen molar-refractivity contribution in [3.63, 3.8) is 0 Å². The minimum atomic E-state index is 0.319. The molecule has 1 aliphatic rings. The monoisotopic (exact) mass is 274 g/mol. The first-order valence-corrected chi connectivity index (χ1v) is 7.46. The smallest absolute Gasteiger partial charge is 0.131 e. The number of nitrogens with zero attached hydrogens (tertiary/aromatic N) is 2. The van der Waals surface area contributed by atoms with E-state index < -0.39 is 0 Å². The number of anilines is 2. The van der Waals surface area contributed by atoms with Crippen molar-refractivity contribution in [2.75, 3.05) is 11.1 Å². The largest absolute Gasteiger partial charge is 0.396 e. The zero-order valence-electron chi connectivity index (χ0n) is 11.1. The molecular formula is C14H18N4S. The fraction of sp³-hybridized carbons (Fsp3) is 0.571. The summed E-state index contributed by atoms with van der Waals surface area (Å²) in [6.45, 7) is 2.29. The van der Waals surface area contributed by atoms with E-state index in [2.05, 4.69) is 18.3 Å². The molecule has 0 bridgehead atoms. The van der Waals surface area contributed by atoms with Crippen molar-refractivity contribution in [3.8, 4) is 12.1 Å². The molecule has 100 valence electrons. The molecule has 0 amide bonds. The van der Waals surface area contributed by atoms with Gasteiger partial charge in [0.2, 0.25) is 0 Å². The first-order valence-electron chi connectivity index (χ1n) is 6.64. The van der Waals surface area contributed by atoms with Crippen LogP contribution in [0.25, 0.3) is 0 Å². The maximum absolute atomic E-state index is 9.16. The third-order valence-corrected chi connectivity index (χ3v) is 4.79. The van der Waals surface area contributed by atoms with Gasteiger partial charge in [0.05, 0.1) is 5.69 Å². The van der Waals surface area contributed by atoms with Gasteiger partial charge < -0.3 is 11.1 Å². The van der Waals surface area contributed by atoms with Gasteiger partial charge in [-0.15, -0.1) is 11.3 Å². The zero-order valence-corrected chi connectivity index (χ0v) is 11.9. The Morgan fingerprint density at radius 1 is 1.21 bits per heavy atom. The highest BCUT2D eigenvalue weighted by atomic mass is 32.1. The lowest BCUT2D eigenvalue weighted by Gasteiger charge is -2.16. The van der Waals surface area contributed by atoms with Gasteiger partial charge in [0.15, 0.2) is 0 Å². The van der Waals surface area contributed by atoms with Crippen LogP contribution in [0, 0.1) is 28.6 Å². The molecule has 0 saturated heterocycles. The lowest BCUT2D eigenvalue weighted by Crippen LogP contribution is -2.18. The molecule has 1 saturated carbocycles. The van der Waals surface area contributed by atoms with Crippen LogP contribution < -0.4 is 11.1 Å². The second-order valence-electron chi connectivity index (χ2n) is 5.23. The summed E-state index contributed by atoms with van der Waals surface area (Å²) in [5.41, 5.74) is 6.56. The Hall–Kier alpha value is -1.72. The summed E-state index contributed by atoms with van der Waals surface area (Å²) in [6, 6.07) is 4.54. The van der Waals surface area contributed by atoms with E-state index in [9.17, 15) is 0 Å². The quantitative estimate of drug-likeness (QED) is 0.809. The maximum atomic E-state index is 9.16. The van der Waals surface area contributed by atoms with Crippen molar-refractivity contribution < 1.29 is 0 Å². The van der Waals surface area contributed by atoms with Gasteiger partial charge in [0.1, 0.15) is 27.6 Å². The molecule has 1 aromatic heterocycles. The number of thiophene rings is 1. The van der Waals surface area contributed by atoms with Gasteiger partial charge >= 0.3 is 0 Å². The molecule has 1 aliphatic carbocycles. The summed E-state index contributed by atoms with van der Waals surface area (Å²) in [7, 11) is 0. The van der Waals surface area contributed by atoms with E-state index in [1.165, 1.54) is 30.6 Å². The molecule has 2 rings (SSSR count). The fourth-order valence-electron chi connectivity index (χ4n) is 2.56. The van der Waals surface area contributed by atoms with Crippen LogP contribution in [0.5, 0.6) is 0 Å². The van der Waals surface area contributed by atoms with E-state index in [4.69, 9.17) is 16.3 Å². The second-order valence-corrected chi connectivity index (χ2v) is 6.25. The van der Waals surface area contributed by atoms with E-state index in [0.717, 1.165) is 23.8 Å². The lowest BCUT2D eigenvalue weighted by atomic mass is 10.0. The third kappa shape index (κ3) is 3.00. The first kappa shape index (κ1) is 13.7. The third-order valence-electron chi connectivity index (χ3n) is 3.75. The summed E-state index contributed by atoms with van der Waals surface area (Å²) in [5.74, 6) is 0.783. The molecule has 4 nitrogen and oxygen atoms in total. The van der Waals surface area contributed by atoms with Crippen molar-refractivity contribution in [2.24, 2.45) is 5.92 Å². The van der Waals surface area contributed by atoms with Crippen molar-refractivity contribution in [1.29, 1.82) is 10.5 Å². The van der Waals surface area contributed by atoms with Gasteiger partial charge in [0.25, 0.3) is 0 Å². The lowest BCUT2D eigenvalue weighted by molar-refractivity contribution is 0.502. The van der Waals surface area contributed by atoms with Gasteiger partial charge in [-0.3, -0.25) is 0 Å². The number of hydrogen-bond donors (Lipinski definition) is 2. The summed E-state index contributed by atoms with van der Waals surface area (Å²) in [4.78, 5) is 0.432. The summed E-state index contributed by atoms with van der Waals surface area (Å²) >= 11 is 1.29. The topological polar surface area (TPSA) is 85.6 Å². The van der Waals surface area contributed by atoms with E-state index in [1.54, 1.807) is 0 Å². The molecule has 5 heteroatoms. The number of nitrogens with one attached hydrogen (secondary N) is 1. The number of rotatable bonds is 2. The number of nitrogens with two attached hydrogens (primary N) is 1. The summed E-state index contributed by atoms with van der Waals surface area (Å²) < 4.78 is 0. The van der Waals surface area contributed by atoms with Gasteiger partial charge in [-0.05, 0) is 25.2 Å². The average molecular weight is 274 g/mol. The molecule has 0 aromatic carbocycles. The van der Waals surface area contributed by atoms with E-state index in [1.807, 2.05) is 6.07 Å². The van der Waals surface area contributed by atoms with Crippen LogP contribution in [-0.4, -0.2) is 6.04 Å². The Morgan fingerprint density at radius 3 is 2.68 bits per heavy atom. The number of hydrogen-bond acceptors (Lipinski definition) is 5. The minimum Gasteiger partial charge on any atom is -0.396 e. The van der Waals surface area contributed by atoms with E-state index >= 15 is 0 Å². The molecular weight excluding hydrogens is 256 g/mol. The molecule has 1 fully saturated rings. The molecule has 1 heterocycles. The molecule has 19 heavy (non-hydrogen) atoms. The van der Waals surface area contributed by atoms with E-state index in [-0.39, 0.29) is 0 Å². The SMILES string of the molecule is CC1CCCC(Nc2sc(C#N)c(N)c2C#N)CC1. The summed E-state index contributed by atoms with van der Waals surface area (Å²) in [5, 5.41) is 22.3. The van der Waals surface area contributed by atoms with Gasteiger partial charge in [-0.1, -0.05) is 19.8 Å². The molecule has 1 aromatic rings. The maximum Gasteiger partial charge on any atom is 0.131 e. The minimum absolute atomic E-state index is 0.319. The Balaban J connectivity index is 2.15. The van der Waals surface area contributed by atoms with Crippen LogP contribution in [0.1, 0.15) is 49.5 Å². The second kappa shape index (κ2) is 5.95. The molecule has 2 unspecified atom stereocenters. The average Bonchev–Trinajstić information content (AvgIpc) is 2.55. The molecule has 0 radical (unpaired) electrons. The van der Waals surface area contributed by atoms with Crippen LogP contribution in [0.4, 0.5) is 10.7 Å². The van der Waals surface area contributed by atoms with Gasteiger partial charge in [-0.25, -0.2) is 0 Å². The highest BCUT2D eigenvalue weighted by Gasteiger charge is 2.20. The number of nitrogen functional groups attached to an aromatic ring is 1. The highest BCUT2D eigenvalue weighted by molar-refractivity contribution is 7.17. The highest BCUT2D eigenvalue weighted by Crippen LogP contribution is 2.36. The molecule has 0 spiro atoms. The Bertz CT molecular complexity index is 535. The number of nitriles is 2. The predicted octanol–water partition coefficient (Wildman–Crippen LogP) is 3.45. The van der Waals surface area contributed by atoms with Crippen molar-refractivity contribution in [2.45, 2.75) is 45.1 Å². The Labute approximate surface area is 117 Å². The molecule has 3 N–H and O–H groups in total. The van der Waals surface area contributed by atoms with Crippen LogP contribution in [-0.2, 0) is 0 Å².